The Morgan fingerprint density at radius 1 is 1.00 bits per heavy atom. The number of aromatic nitrogens is 1. The summed E-state index contributed by atoms with van der Waals surface area (Å²) in [6.07, 6.45) is 4.42. The van der Waals surface area contributed by atoms with Gasteiger partial charge in [-0.1, -0.05) is 13.8 Å². The highest BCUT2D eigenvalue weighted by molar-refractivity contribution is 5.94. The van der Waals surface area contributed by atoms with Crippen molar-refractivity contribution in [3.8, 4) is 5.69 Å². The first-order valence-electron chi connectivity index (χ1n) is 7.84. The van der Waals surface area contributed by atoms with E-state index in [1.165, 1.54) is 0 Å². The molecule has 2 N–H and O–H groups in total. The maximum Gasteiger partial charge on any atom is 0.251 e. The zero-order valence-electron chi connectivity index (χ0n) is 13.6. The standard InChI is InChI=1S/C18H23N3O2/c1-14(2)13-17(22)19-9-10-20-18(23)15-5-7-16(8-6-15)21-11-3-4-12-21/h3-8,11-12,14H,9-10,13H2,1-2H3,(H,19,22)(H,20,23). The first-order valence-corrected chi connectivity index (χ1v) is 7.84. The fraction of sp³-hybridized carbons (Fsp3) is 0.333. The van der Waals surface area contributed by atoms with E-state index >= 15 is 0 Å². The first kappa shape index (κ1) is 16.8. The van der Waals surface area contributed by atoms with E-state index in [1.807, 2.05) is 55.1 Å². The third kappa shape index (κ3) is 5.29. The fourth-order valence-corrected chi connectivity index (χ4v) is 2.21. The Labute approximate surface area is 136 Å². The Kier molecular flexibility index (Phi) is 5.97. The Morgan fingerprint density at radius 3 is 2.22 bits per heavy atom. The van der Waals surface area contributed by atoms with Crippen LogP contribution in [0, 0.1) is 5.92 Å². The van der Waals surface area contributed by atoms with Crippen molar-refractivity contribution in [1.82, 2.24) is 15.2 Å². The molecule has 1 aromatic heterocycles. The number of nitrogens with zero attached hydrogens (tertiary/aromatic N) is 1. The highest BCUT2D eigenvalue weighted by atomic mass is 16.2. The number of hydrogen-bond donors (Lipinski definition) is 2. The molecule has 1 heterocycles. The lowest BCUT2D eigenvalue weighted by Crippen LogP contribution is -2.35. The molecule has 0 atom stereocenters. The van der Waals surface area contributed by atoms with E-state index < -0.39 is 0 Å². The maximum atomic E-state index is 12.0. The summed E-state index contributed by atoms with van der Waals surface area (Å²) >= 11 is 0. The van der Waals surface area contributed by atoms with Crippen LogP contribution in [-0.2, 0) is 4.79 Å². The van der Waals surface area contributed by atoms with Crippen LogP contribution in [0.2, 0.25) is 0 Å². The zero-order valence-corrected chi connectivity index (χ0v) is 13.6. The lowest BCUT2D eigenvalue weighted by Gasteiger charge is -2.09. The molecule has 0 spiro atoms. The molecule has 5 nitrogen and oxygen atoms in total. The minimum absolute atomic E-state index is 0.0188. The number of carbonyl (C=O) groups is 2. The van der Waals surface area contributed by atoms with Crippen LogP contribution in [0.25, 0.3) is 5.69 Å². The second-order valence-electron chi connectivity index (χ2n) is 5.84. The molecule has 0 saturated carbocycles. The highest BCUT2D eigenvalue weighted by Crippen LogP contribution is 2.09. The van der Waals surface area contributed by atoms with E-state index in [4.69, 9.17) is 0 Å². The van der Waals surface area contributed by atoms with Gasteiger partial charge in [0.05, 0.1) is 0 Å². The molecule has 2 aromatic rings. The largest absolute Gasteiger partial charge is 0.354 e. The smallest absolute Gasteiger partial charge is 0.251 e. The molecule has 0 radical (unpaired) electrons. The quantitative estimate of drug-likeness (QED) is 0.771. The van der Waals surface area contributed by atoms with Gasteiger partial charge in [0, 0.05) is 43.2 Å². The summed E-state index contributed by atoms with van der Waals surface area (Å²) < 4.78 is 1.98. The van der Waals surface area contributed by atoms with Crippen molar-refractivity contribution in [2.24, 2.45) is 5.92 Å². The molecular weight excluding hydrogens is 290 g/mol. The van der Waals surface area contributed by atoms with Crippen LogP contribution in [-0.4, -0.2) is 29.5 Å². The van der Waals surface area contributed by atoms with E-state index in [2.05, 4.69) is 10.6 Å². The SMILES string of the molecule is CC(C)CC(=O)NCCNC(=O)c1ccc(-n2cccc2)cc1. The molecule has 2 rings (SSSR count). The van der Waals surface area contributed by atoms with Gasteiger partial charge in [-0.2, -0.15) is 0 Å². The third-order valence-electron chi connectivity index (χ3n) is 3.36. The molecule has 0 bridgehead atoms. The monoisotopic (exact) mass is 313 g/mol. The van der Waals surface area contributed by atoms with Gasteiger partial charge in [-0.25, -0.2) is 0 Å². The van der Waals surface area contributed by atoms with Gasteiger partial charge in [-0.05, 0) is 42.3 Å². The second kappa shape index (κ2) is 8.17. The number of benzene rings is 1. The Balaban J connectivity index is 1.76. The summed E-state index contributed by atoms with van der Waals surface area (Å²) in [4.78, 5) is 23.5. The molecule has 0 aliphatic rings. The van der Waals surface area contributed by atoms with Gasteiger partial charge in [0.25, 0.3) is 5.91 Å². The van der Waals surface area contributed by atoms with E-state index in [1.54, 1.807) is 12.1 Å². The molecule has 122 valence electrons. The van der Waals surface area contributed by atoms with E-state index in [0.29, 0.717) is 31.0 Å². The summed E-state index contributed by atoms with van der Waals surface area (Å²) in [5.41, 5.74) is 1.61. The van der Waals surface area contributed by atoms with Gasteiger partial charge >= 0.3 is 0 Å². The van der Waals surface area contributed by atoms with E-state index in [-0.39, 0.29) is 11.8 Å². The van der Waals surface area contributed by atoms with Gasteiger partial charge in [0.2, 0.25) is 5.91 Å². The fourth-order valence-electron chi connectivity index (χ4n) is 2.21. The molecule has 23 heavy (non-hydrogen) atoms. The summed E-state index contributed by atoms with van der Waals surface area (Å²) in [5, 5.41) is 5.59. The topological polar surface area (TPSA) is 63.1 Å². The number of carbonyl (C=O) groups excluding carboxylic acids is 2. The van der Waals surface area contributed by atoms with Crippen molar-refractivity contribution in [3.63, 3.8) is 0 Å². The zero-order chi connectivity index (χ0) is 16.7. The number of hydrogen-bond acceptors (Lipinski definition) is 2. The molecule has 0 fully saturated rings. The Bertz CT molecular complexity index is 631. The minimum atomic E-state index is -0.137. The Morgan fingerprint density at radius 2 is 1.61 bits per heavy atom. The van der Waals surface area contributed by atoms with Gasteiger partial charge in [0.1, 0.15) is 0 Å². The highest BCUT2D eigenvalue weighted by Gasteiger charge is 2.06. The molecular formula is C18H23N3O2. The summed E-state index contributed by atoms with van der Waals surface area (Å²) in [6, 6.07) is 11.3. The van der Waals surface area contributed by atoms with Crippen LogP contribution >= 0.6 is 0 Å². The lowest BCUT2D eigenvalue weighted by molar-refractivity contribution is -0.121. The summed E-state index contributed by atoms with van der Waals surface area (Å²) in [6.45, 7) is 4.86. The molecule has 1 aromatic carbocycles. The van der Waals surface area contributed by atoms with Crippen LogP contribution in [0.4, 0.5) is 0 Å². The van der Waals surface area contributed by atoms with Crippen LogP contribution in [0.3, 0.4) is 0 Å². The lowest BCUT2D eigenvalue weighted by atomic mass is 10.1. The summed E-state index contributed by atoms with van der Waals surface area (Å²) in [5.74, 6) is 0.218. The van der Waals surface area contributed by atoms with Gasteiger partial charge in [-0.15, -0.1) is 0 Å². The predicted octanol–water partition coefficient (Wildman–Crippen LogP) is 2.37. The van der Waals surface area contributed by atoms with Gasteiger partial charge in [-0.3, -0.25) is 9.59 Å². The average Bonchev–Trinajstić information content (AvgIpc) is 3.05. The van der Waals surface area contributed by atoms with Crippen LogP contribution in [0.5, 0.6) is 0 Å². The van der Waals surface area contributed by atoms with Crippen molar-refractivity contribution in [2.75, 3.05) is 13.1 Å². The number of amides is 2. The van der Waals surface area contributed by atoms with Crippen LogP contribution < -0.4 is 10.6 Å². The van der Waals surface area contributed by atoms with Crippen molar-refractivity contribution in [2.45, 2.75) is 20.3 Å². The first-order chi connectivity index (χ1) is 11.1. The normalized spacial score (nSPS) is 10.6. The molecule has 0 aliphatic heterocycles. The molecule has 0 unspecified atom stereocenters. The average molecular weight is 313 g/mol. The van der Waals surface area contributed by atoms with Crippen LogP contribution in [0.15, 0.2) is 48.8 Å². The van der Waals surface area contributed by atoms with Gasteiger partial charge < -0.3 is 15.2 Å². The third-order valence-corrected chi connectivity index (χ3v) is 3.36. The minimum Gasteiger partial charge on any atom is -0.354 e. The number of nitrogens with one attached hydrogen (secondary N) is 2. The maximum absolute atomic E-state index is 12.0. The van der Waals surface area contributed by atoms with Crippen molar-refractivity contribution < 1.29 is 9.59 Å². The predicted molar refractivity (Wildman–Crippen MR) is 90.6 cm³/mol. The molecule has 0 aliphatic carbocycles. The summed E-state index contributed by atoms with van der Waals surface area (Å²) in [7, 11) is 0. The van der Waals surface area contributed by atoms with Crippen molar-refractivity contribution >= 4 is 11.8 Å². The second-order valence-corrected chi connectivity index (χ2v) is 5.84. The van der Waals surface area contributed by atoms with E-state index in [9.17, 15) is 9.59 Å². The molecule has 0 saturated heterocycles. The Hall–Kier alpha value is -2.56. The number of rotatable bonds is 7. The molecule has 5 heteroatoms. The van der Waals surface area contributed by atoms with Crippen molar-refractivity contribution in [3.05, 3.63) is 54.4 Å². The molecule has 2 amide bonds. The van der Waals surface area contributed by atoms with Gasteiger partial charge in [0.15, 0.2) is 0 Å². The van der Waals surface area contributed by atoms with E-state index in [0.717, 1.165) is 5.69 Å². The van der Waals surface area contributed by atoms with Crippen molar-refractivity contribution in [1.29, 1.82) is 0 Å². The van der Waals surface area contributed by atoms with Crippen LogP contribution in [0.1, 0.15) is 30.6 Å².